The van der Waals surface area contributed by atoms with E-state index in [9.17, 15) is 64.8 Å². The highest BCUT2D eigenvalue weighted by atomic mass is 35.8. The Hall–Kier alpha value is -0.893. The van der Waals surface area contributed by atoms with Gasteiger partial charge in [0.1, 0.15) is 0 Å². The van der Waals surface area contributed by atoms with E-state index in [0.717, 1.165) is 6.08 Å². The number of aromatic nitrogens is 1. The maximum atomic E-state index is 11.8. The van der Waals surface area contributed by atoms with Gasteiger partial charge in [0.2, 0.25) is 0 Å². The van der Waals surface area contributed by atoms with Crippen molar-refractivity contribution >= 4 is 79.0 Å². The molecule has 10 nitrogen and oxygen atoms in total. The van der Waals surface area contributed by atoms with Crippen LogP contribution in [0.3, 0.4) is 0 Å². The summed E-state index contributed by atoms with van der Waals surface area (Å²) in [4.78, 5) is 3.78. The molecule has 4 N–H and O–H groups in total. The fourth-order valence-electron chi connectivity index (χ4n) is 1.14. The lowest BCUT2D eigenvalue weighted by atomic mass is 10.5. The van der Waals surface area contributed by atoms with Crippen molar-refractivity contribution in [3.63, 3.8) is 0 Å². The van der Waals surface area contributed by atoms with Crippen molar-refractivity contribution < 1.29 is 64.8 Å². The minimum absolute atomic E-state index is 0. The number of hydrogen-bond acceptors (Lipinski definition) is 8. The molecule has 0 aliphatic carbocycles. The molecule has 1 aromatic rings. The van der Waals surface area contributed by atoms with Gasteiger partial charge in [-0.15, -0.1) is 46.4 Å². The Kier molecular flexibility index (Phi) is 28.9. The van der Waals surface area contributed by atoms with Crippen LogP contribution in [-0.4, -0.2) is 72.4 Å². The Balaban J connectivity index is -0.000000157. The van der Waals surface area contributed by atoms with Crippen LogP contribution in [0.1, 0.15) is 13.8 Å². The molecular weight excluding hydrogens is 805 g/mol. The molecule has 0 aliphatic heterocycles. The molecule has 45 heavy (non-hydrogen) atoms. The molecule has 1 heterocycles. The standard InChI is InChI=1S/C5H5N.C4H7Cl3F3NO2SSi.C4H6F3NO2S.C3H7N.CClF3O2S.CH4/c1-2-4-6-5-3-1;5-15(6,7)3-1-2-11-14(12,13)4(8,9)10;1-2-3-8-11(9,10)4(5,6)7;1-2-3-4;2-8(6,7)1(3,4)5;/h1-5H;11H,1-3H2;2,8H,1,3H2;2H,1,3-4H2;;1H4. The third-order valence-electron chi connectivity index (χ3n) is 2.97. The Morgan fingerprint density at radius 3 is 1.31 bits per heavy atom. The molecule has 0 spiro atoms. The second-order valence-corrected chi connectivity index (χ2v) is 21.9. The van der Waals surface area contributed by atoms with E-state index in [4.69, 9.17) is 39.0 Å². The predicted molar refractivity (Wildman–Crippen MR) is 160 cm³/mol. The monoisotopic (exact) mass is 832 g/mol. The van der Waals surface area contributed by atoms with E-state index in [1.165, 1.54) is 9.44 Å². The Bertz CT molecular complexity index is 1230. The van der Waals surface area contributed by atoms with Crippen molar-refractivity contribution in [2.24, 2.45) is 5.73 Å². The van der Waals surface area contributed by atoms with Crippen LogP contribution in [0.25, 0.3) is 0 Å². The lowest BCUT2D eigenvalue weighted by molar-refractivity contribution is -0.0453. The number of nitrogens with two attached hydrogens (primary N) is 1. The number of nitrogens with zero attached hydrogens (tertiary/aromatic N) is 1. The Morgan fingerprint density at radius 2 is 1.11 bits per heavy atom. The zero-order valence-electron chi connectivity index (χ0n) is 21.6. The second-order valence-electron chi connectivity index (χ2n) is 6.58. The summed E-state index contributed by atoms with van der Waals surface area (Å²) in [6.07, 6.45) is 6.22. The molecule has 0 saturated carbocycles. The van der Waals surface area contributed by atoms with Crippen LogP contribution in [0.2, 0.25) is 6.04 Å². The van der Waals surface area contributed by atoms with Gasteiger partial charge in [0.15, 0.2) is 0 Å². The van der Waals surface area contributed by atoms with Crippen LogP contribution in [0.5, 0.6) is 0 Å². The van der Waals surface area contributed by atoms with Crippen LogP contribution in [0, 0.1) is 0 Å². The first-order valence-corrected chi connectivity index (χ1v) is 20.9. The van der Waals surface area contributed by atoms with Crippen molar-refractivity contribution in [1.29, 1.82) is 0 Å². The van der Waals surface area contributed by atoms with Crippen molar-refractivity contribution in [2.75, 3.05) is 19.6 Å². The fourth-order valence-corrected chi connectivity index (χ4v) is 4.00. The SMILES string of the molecule is C.C=CCN.C=CCNS(=O)(=O)C(F)(F)F.O=S(=O)(Cl)C(F)(F)F.O=S(=O)(NCCC[Si](Cl)(Cl)Cl)C(F)(F)F.c1ccncc1. The predicted octanol–water partition coefficient (Wildman–Crippen LogP) is 6.01. The number of hydrogen-bond donors (Lipinski definition) is 3. The van der Waals surface area contributed by atoms with Crippen LogP contribution < -0.4 is 15.2 Å². The van der Waals surface area contributed by atoms with Gasteiger partial charge in [-0.2, -0.15) is 39.5 Å². The quantitative estimate of drug-likeness (QED) is 0.0681. The topological polar surface area (TPSA) is 165 Å². The molecular formula is C18H29Cl4F9N4O6S3Si. The van der Waals surface area contributed by atoms with Gasteiger partial charge < -0.3 is 5.73 Å². The smallest absolute Gasteiger partial charge is 0.327 e. The van der Waals surface area contributed by atoms with Crippen molar-refractivity contribution in [2.45, 2.75) is 36.4 Å². The summed E-state index contributed by atoms with van der Waals surface area (Å²) in [5, 5.41) is 0. The first kappa shape index (κ1) is 53.6. The lowest BCUT2D eigenvalue weighted by Gasteiger charge is -2.10. The number of sulfonamides is 2. The lowest BCUT2D eigenvalue weighted by Crippen LogP contribution is -2.37. The summed E-state index contributed by atoms with van der Waals surface area (Å²) < 4.78 is 165. The minimum Gasteiger partial charge on any atom is -0.327 e. The molecule has 0 saturated heterocycles. The normalized spacial score (nSPS) is 12.0. The van der Waals surface area contributed by atoms with Gasteiger partial charge in [0.05, 0.1) is 0 Å². The maximum absolute atomic E-state index is 11.8. The second kappa shape index (κ2) is 24.3. The Labute approximate surface area is 274 Å². The van der Waals surface area contributed by atoms with E-state index in [0.29, 0.717) is 6.54 Å². The summed E-state index contributed by atoms with van der Waals surface area (Å²) in [6.45, 7) is 6.16. The molecule has 0 unspecified atom stereocenters. The molecule has 0 atom stereocenters. The summed E-state index contributed by atoms with van der Waals surface area (Å²) in [6, 6.07) is 2.91. The zero-order chi connectivity index (χ0) is 36.1. The first-order chi connectivity index (χ1) is 19.4. The van der Waals surface area contributed by atoms with E-state index in [2.05, 4.69) is 28.8 Å². The molecule has 1 aromatic heterocycles. The van der Waals surface area contributed by atoms with E-state index in [-0.39, 0.29) is 19.9 Å². The summed E-state index contributed by atoms with van der Waals surface area (Å²) >= 11 is 16.3. The average molecular weight is 835 g/mol. The van der Waals surface area contributed by atoms with Gasteiger partial charge in [0, 0.05) is 42.7 Å². The van der Waals surface area contributed by atoms with E-state index in [1.54, 1.807) is 18.5 Å². The number of nitrogens with one attached hydrogen (secondary N) is 2. The average Bonchev–Trinajstić information content (AvgIpc) is 2.85. The van der Waals surface area contributed by atoms with Gasteiger partial charge in [-0.3, -0.25) is 4.98 Å². The maximum Gasteiger partial charge on any atom is 0.511 e. The van der Waals surface area contributed by atoms with Gasteiger partial charge in [-0.25, -0.2) is 34.7 Å². The van der Waals surface area contributed by atoms with Crippen LogP contribution in [-0.2, 0) is 29.1 Å². The van der Waals surface area contributed by atoms with Gasteiger partial charge in [-0.05, 0) is 24.6 Å². The molecule has 0 bridgehead atoms. The van der Waals surface area contributed by atoms with Crippen LogP contribution in [0.4, 0.5) is 39.5 Å². The van der Waals surface area contributed by atoms with E-state index in [1.807, 2.05) is 18.2 Å². The van der Waals surface area contributed by atoms with Crippen LogP contribution in [0.15, 0.2) is 55.9 Å². The molecule has 27 heteroatoms. The molecule has 270 valence electrons. The van der Waals surface area contributed by atoms with Gasteiger partial charge >= 0.3 is 51.6 Å². The van der Waals surface area contributed by atoms with Gasteiger partial charge in [0.25, 0.3) is 0 Å². The highest BCUT2D eigenvalue weighted by molar-refractivity contribution is 8.14. The van der Waals surface area contributed by atoms with Crippen molar-refractivity contribution in [3.05, 3.63) is 55.9 Å². The number of alkyl halides is 9. The largest absolute Gasteiger partial charge is 0.511 e. The Morgan fingerprint density at radius 1 is 0.756 bits per heavy atom. The third-order valence-corrected chi connectivity index (χ3v) is 9.01. The fraction of sp³-hybridized carbons (Fsp3) is 0.500. The molecule has 0 aromatic carbocycles. The molecule has 0 aliphatic rings. The van der Waals surface area contributed by atoms with E-state index < -0.39 is 64.7 Å². The van der Waals surface area contributed by atoms with Crippen molar-refractivity contribution in [3.8, 4) is 0 Å². The molecule has 0 amide bonds. The van der Waals surface area contributed by atoms with E-state index >= 15 is 0 Å². The summed E-state index contributed by atoms with van der Waals surface area (Å²) in [5.74, 6) is 0. The van der Waals surface area contributed by atoms with Crippen LogP contribution >= 0.6 is 43.9 Å². The molecule has 0 fully saturated rings. The van der Waals surface area contributed by atoms with Gasteiger partial charge in [-0.1, -0.05) is 25.6 Å². The third kappa shape index (κ3) is 32.8. The molecule has 1 rings (SSSR count). The number of halogens is 13. The molecule has 0 radical (unpaired) electrons. The highest BCUT2D eigenvalue weighted by Gasteiger charge is 2.46. The van der Waals surface area contributed by atoms with Crippen molar-refractivity contribution in [1.82, 2.24) is 14.4 Å². The summed E-state index contributed by atoms with van der Waals surface area (Å²) in [5.41, 5.74) is -11.0. The minimum atomic E-state index is -5.37. The highest BCUT2D eigenvalue weighted by Crippen LogP contribution is 2.27. The first-order valence-electron chi connectivity index (χ1n) is 10.4. The zero-order valence-corrected chi connectivity index (χ0v) is 28.1. The number of pyridine rings is 1. The number of rotatable bonds is 9. The summed E-state index contributed by atoms with van der Waals surface area (Å²) in [7, 11) is -12.0.